The summed E-state index contributed by atoms with van der Waals surface area (Å²) in [4.78, 5) is 0. The molecule has 1 N–H and O–H groups in total. The van der Waals surface area contributed by atoms with E-state index in [2.05, 4.69) is 21.0 Å². The molecule has 1 aromatic heterocycles. The van der Waals surface area contributed by atoms with Crippen molar-refractivity contribution in [2.24, 2.45) is 0 Å². The van der Waals surface area contributed by atoms with E-state index in [0.717, 1.165) is 0 Å². The maximum absolute atomic E-state index is 14.1. The number of ether oxygens (including phenoxy) is 1. The average molecular weight is 357 g/mol. The predicted octanol–water partition coefficient (Wildman–Crippen LogP) is 3.08. The van der Waals surface area contributed by atoms with Crippen LogP contribution in [-0.4, -0.2) is 28.6 Å². The maximum Gasteiger partial charge on any atom is 0.135 e. The molecule has 6 heteroatoms. The van der Waals surface area contributed by atoms with Crippen molar-refractivity contribution in [1.82, 2.24) is 9.78 Å². The number of rotatable bonds is 6. The predicted molar refractivity (Wildman–Crippen MR) is 81.5 cm³/mol. The van der Waals surface area contributed by atoms with E-state index in [0.29, 0.717) is 29.7 Å². The van der Waals surface area contributed by atoms with Crippen molar-refractivity contribution < 1.29 is 14.2 Å². The molecule has 4 nitrogen and oxygen atoms in total. The maximum atomic E-state index is 14.1. The molecule has 1 atom stereocenters. The monoisotopic (exact) mass is 356 g/mol. The van der Waals surface area contributed by atoms with Gasteiger partial charge in [0.05, 0.1) is 29.5 Å². The van der Waals surface area contributed by atoms with E-state index in [9.17, 15) is 9.50 Å². The third-order valence-electron chi connectivity index (χ3n) is 3.52. The number of halogens is 2. The quantitative estimate of drug-likeness (QED) is 0.864. The molecule has 0 amide bonds. The lowest BCUT2D eigenvalue weighted by atomic mass is 9.87. The number of aliphatic hydroxyl groups is 1. The van der Waals surface area contributed by atoms with Gasteiger partial charge in [-0.3, -0.25) is 4.68 Å². The Labute approximate surface area is 131 Å². The second-order valence-electron chi connectivity index (χ2n) is 4.75. The Kier molecular flexibility index (Phi) is 5.13. The van der Waals surface area contributed by atoms with E-state index < -0.39 is 11.4 Å². The van der Waals surface area contributed by atoms with Gasteiger partial charge in [-0.05, 0) is 28.4 Å². The smallest absolute Gasteiger partial charge is 0.135 e. The molecule has 0 fully saturated rings. The molecule has 0 saturated carbocycles. The summed E-state index contributed by atoms with van der Waals surface area (Å²) in [5, 5.41) is 15.4. The van der Waals surface area contributed by atoms with Crippen LogP contribution < -0.4 is 0 Å². The highest BCUT2D eigenvalue weighted by Crippen LogP contribution is 2.38. The van der Waals surface area contributed by atoms with E-state index in [4.69, 9.17) is 4.74 Å². The molecule has 1 unspecified atom stereocenters. The molecule has 0 aliphatic heterocycles. The van der Waals surface area contributed by atoms with Crippen molar-refractivity contribution in [3.63, 3.8) is 0 Å². The molecule has 21 heavy (non-hydrogen) atoms. The lowest BCUT2D eigenvalue weighted by Gasteiger charge is -2.29. The van der Waals surface area contributed by atoms with Crippen LogP contribution in [0.3, 0.4) is 0 Å². The van der Waals surface area contributed by atoms with Crippen LogP contribution in [0.2, 0.25) is 0 Å². The second-order valence-corrected chi connectivity index (χ2v) is 5.61. The number of hydrogen-bond acceptors (Lipinski definition) is 3. The first kappa shape index (κ1) is 16.1. The van der Waals surface area contributed by atoms with Crippen molar-refractivity contribution in [2.45, 2.75) is 25.5 Å². The molecule has 2 aromatic rings. The van der Waals surface area contributed by atoms with Crippen LogP contribution in [0.5, 0.6) is 0 Å². The summed E-state index contributed by atoms with van der Waals surface area (Å²) in [5.41, 5.74) is -0.673. The minimum Gasteiger partial charge on any atom is -0.383 e. The van der Waals surface area contributed by atoms with Crippen LogP contribution in [0.1, 0.15) is 24.6 Å². The Morgan fingerprint density at radius 1 is 1.43 bits per heavy atom. The van der Waals surface area contributed by atoms with Crippen LogP contribution in [0.25, 0.3) is 0 Å². The van der Waals surface area contributed by atoms with Gasteiger partial charge in [-0.15, -0.1) is 0 Å². The van der Waals surface area contributed by atoms with Crippen molar-refractivity contribution in [3.05, 3.63) is 52.0 Å². The molecular weight excluding hydrogens is 339 g/mol. The largest absolute Gasteiger partial charge is 0.383 e. The van der Waals surface area contributed by atoms with Gasteiger partial charge in [0.2, 0.25) is 0 Å². The van der Waals surface area contributed by atoms with E-state index >= 15 is 0 Å². The summed E-state index contributed by atoms with van der Waals surface area (Å²) >= 11 is 3.40. The fraction of sp³-hybridized carbons (Fsp3) is 0.400. The third kappa shape index (κ3) is 3.02. The van der Waals surface area contributed by atoms with Gasteiger partial charge in [0.15, 0.2) is 0 Å². The minimum absolute atomic E-state index is 0.243. The summed E-state index contributed by atoms with van der Waals surface area (Å²) in [7, 11) is 1.60. The first-order valence-electron chi connectivity index (χ1n) is 6.72. The second kappa shape index (κ2) is 6.68. The molecule has 114 valence electrons. The normalized spacial score (nSPS) is 14.1. The van der Waals surface area contributed by atoms with Gasteiger partial charge < -0.3 is 9.84 Å². The zero-order chi connectivity index (χ0) is 15.5. The van der Waals surface area contributed by atoms with Crippen molar-refractivity contribution in [3.8, 4) is 0 Å². The number of nitrogens with zero attached hydrogens (tertiary/aromatic N) is 2. The minimum atomic E-state index is -1.45. The number of hydrogen-bond donors (Lipinski definition) is 1. The van der Waals surface area contributed by atoms with E-state index in [1.54, 1.807) is 36.2 Å². The Bertz CT molecular complexity index is 617. The molecule has 0 spiro atoms. The summed E-state index contributed by atoms with van der Waals surface area (Å²) < 4.78 is 21.5. The molecule has 0 saturated heterocycles. The molecular formula is C15H18BrFN2O2. The fourth-order valence-electron chi connectivity index (χ4n) is 2.40. The Hall–Kier alpha value is -1.24. The van der Waals surface area contributed by atoms with Gasteiger partial charge >= 0.3 is 0 Å². The topological polar surface area (TPSA) is 47.3 Å². The Balaban J connectivity index is 2.55. The van der Waals surface area contributed by atoms with Gasteiger partial charge in [-0.25, -0.2) is 4.39 Å². The molecule has 2 rings (SSSR count). The van der Waals surface area contributed by atoms with Crippen LogP contribution in [0, 0.1) is 5.82 Å². The van der Waals surface area contributed by atoms with Gasteiger partial charge in [0, 0.05) is 12.7 Å². The standard InChI is InChI=1S/C15H18BrFN2O2/c1-3-15(20,11-6-4-5-7-13(11)17)14-12(16)10-18-19(14)8-9-21-2/h4-7,10,20H,3,8-9H2,1-2H3. The summed E-state index contributed by atoms with van der Waals surface area (Å²) in [6.45, 7) is 2.75. The average Bonchev–Trinajstić information content (AvgIpc) is 2.86. The fourth-order valence-corrected chi connectivity index (χ4v) is 3.03. The first-order chi connectivity index (χ1) is 10.0. The van der Waals surface area contributed by atoms with E-state index in [1.165, 1.54) is 6.07 Å². The lowest BCUT2D eigenvalue weighted by molar-refractivity contribution is 0.0598. The zero-order valence-electron chi connectivity index (χ0n) is 12.0. The SMILES string of the molecule is CCC(O)(c1ccccc1F)c1c(Br)cnn1CCOC. The van der Waals surface area contributed by atoms with Crippen LogP contribution >= 0.6 is 15.9 Å². The molecule has 0 aliphatic carbocycles. The summed E-state index contributed by atoms with van der Waals surface area (Å²) in [6.07, 6.45) is 1.93. The van der Waals surface area contributed by atoms with Crippen LogP contribution in [-0.2, 0) is 16.9 Å². The highest BCUT2D eigenvalue weighted by molar-refractivity contribution is 9.10. The molecule has 1 aromatic carbocycles. The van der Waals surface area contributed by atoms with E-state index in [1.807, 2.05) is 6.92 Å². The van der Waals surface area contributed by atoms with E-state index in [-0.39, 0.29) is 5.56 Å². The van der Waals surface area contributed by atoms with Crippen molar-refractivity contribution in [1.29, 1.82) is 0 Å². The third-order valence-corrected chi connectivity index (χ3v) is 4.11. The van der Waals surface area contributed by atoms with Crippen LogP contribution in [0.4, 0.5) is 4.39 Å². The van der Waals surface area contributed by atoms with Gasteiger partial charge in [0.1, 0.15) is 11.4 Å². The summed E-state index contributed by atoms with van der Waals surface area (Å²) in [5.74, 6) is -0.437. The van der Waals surface area contributed by atoms with Gasteiger partial charge in [0.25, 0.3) is 0 Å². The highest BCUT2D eigenvalue weighted by atomic mass is 79.9. The van der Waals surface area contributed by atoms with Crippen LogP contribution in [0.15, 0.2) is 34.9 Å². The van der Waals surface area contributed by atoms with Crippen molar-refractivity contribution in [2.75, 3.05) is 13.7 Å². The van der Waals surface area contributed by atoms with Gasteiger partial charge in [-0.2, -0.15) is 5.10 Å². The molecule has 0 aliphatic rings. The number of aromatic nitrogens is 2. The molecule has 0 bridgehead atoms. The first-order valence-corrected chi connectivity index (χ1v) is 7.52. The summed E-state index contributed by atoms with van der Waals surface area (Å²) in [6, 6.07) is 6.26. The zero-order valence-corrected chi connectivity index (χ0v) is 13.6. The lowest BCUT2D eigenvalue weighted by Crippen LogP contribution is -2.32. The number of benzene rings is 1. The Morgan fingerprint density at radius 2 is 2.14 bits per heavy atom. The highest BCUT2D eigenvalue weighted by Gasteiger charge is 2.37. The molecule has 0 radical (unpaired) electrons. The number of methoxy groups -OCH3 is 1. The van der Waals surface area contributed by atoms with Crippen molar-refractivity contribution >= 4 is 15.9 Å². The van der Waals surface area contributed by atoms with Gasteiger partial charge in [-0.1, -0.05) is 25.1 Å². The molecule has 1 heterocycles. The Morgan fingerprint density at radius 3 is 2.76 bits per heavy atom.